The fourth-order valence-corrected chi connectivity index (χ4v) is 6.78. The van der Waals surface area contributed by atoms with Gasteiger partial charge in [0.15, 0.2) is 0 Å². The third-order valence-electron chi connectivity index (χ3n) is 9.59. The quantitative estimate of drug-likeness (QED) is 0.176. The van der Waals surface area contributed by atoms with Crippen molar-refractivity contribution in [2.45, 2.75) is 26.2 Å². The Labute approximate surface area is 302 Å². The Morgan fingerprint density at radius 2 is 1.00 bits per heavy atom. The van der Waals surface area contributed by atoms with Gasteiger partial charge in [0, 0.05) is 33.3 Å². The van der Waals surface area contributed by atoms with Crippen LogP contribution in [0.2, 0.25) is 0 Å². The number of imidazole rings is 1. The molecule has 0 bridgehead atoms. The third-order valence-corrected chi connectivity index (χ3v) is 9.59. The van der Waals surface area contributed by atoms with Crippen molar-refractivity contribution in [2.75, 3.05) is 0 Å². The Hall–Kier alpha value is -6.66. The van der Waals surface area contributed by atoms with Crippen LogP contribution in [0.25, 0.3) is 84.3 Å². The van der Waals surface area contributed by atoms with Crippen LogP contribution in [-0.2, 0) is 5.41 Å². The van der Waals surface area contributed by atoms with E-state index in [9.17, 15) is 0 Å². The Morgan fingerprint density at radius 1 is 0.481 bits per heavy atom. The molecule has 9 aromatic rings. The van der Waals surface area contributed by atoms with Gasteiger partial charge in [0.1, 0.15) is 16.9 Å². The minimum absolute atomic E-state index is 0.0826. The van der Waals surface area contributed by atoms with Gasteiger partial charge in [-0.1, -0.05) is 136 Å². The fourth-order valence-electron chi connectivity index (χ4n) is 6.78. The zero-order valence-corrected chi connectivity index (χ0v) is 29.2. The first-order valence-corrected chi connectivity index (χ1v) is 17.5. The van der Waals surface area contributed by atoms with E-state index in [4.69, 9.17) is 14.4 Å². The molecule has 0 spiro atoms. The van der Waals surface area contributed by atoms with Crippen LogP contribution in [0.3, 0.4) is 0 Å². The number of aromatic nitrogens is 5. The van der Waals surface area contributed by atoms with E-state index in [1.165, 1.54) is 5.56 Å². The fraction of sp³-hybridized carbons (Fsp3) is 0.0870. The van der Waals surface area contributed by atoms with Crippen LogP contribution in [0.5, 0.6) is 0 Å². The predicted octanol–water partition coefficient (Wildman–Crippen LogP) is 11.6. The minimum Gasteiger partial charge on any atom is -0.416 e. The molecule has 0 fully saturated rings. The largest absolute Gasteiger partial charge is 0.416 e. The highest BCUT2D eigenvalue weighted by molar-refractivity contribution is 6.09. The van der Waals surface area contributed by atoms with Gasteiger partial charge in [-0.25, -0.2) is 9.97 Å². The number of pyridine rings is 1. The molecule has 0 aliphatic carbocycles. The maximum atomic E-state index is 6.09. The standard InChI is InChI=1S/C46H35N5O/c1-46(2,3)36-28-26-35(27-29-36)45-50-49-44(52-45)34-24-20-31(21-25-34)30-18-22-33(23-19-30)43-48-41-38-16-10-11-17-39(38)47-40(32-12-6-4-7-13-32)42(41)51(43)37-14-8-5-9-15-37/h4-29H,1-3H3. The van der Waals surface area contributed by atoms with Crippen molar-refractivity contribution in [3.8, 4) is 62.4 Å². The number of hydrogen-bond donors (Lipinski definition) is 0. The summed E-state index contributed by atoms with van der Waals surface area (Å²) >= 11 is 0. The summed E-state index contributed by atoms with van der Waals surface area (Å²) in [6.45, 7) is 6.61. The number of nitrogens with zero attached hydrogens (tertiary/aromatic N) is 5. The van der Waals surface area contributed by atoms with Crippen molar-refractivity contribution in [3.05, 3.63) is 163 Å². The highest BCUT2D eigenvalue weighted by Gasteiger charge is 2.22. The van der Waals surface area contributed by atoms with Crippen LogP contribution in [0.4, 0.5) is 0 Å². The van der Waals surface area contributed by atoms with E-state index in [1.54, 1.807) is 0 Å². The van der Waals surface area contributed by atoms with Crippen molar-refractivity contribution in [1.82, 2.24) is 24.7 Å². The first-order valence-electron chi connectivity index (χ1n) is 17.5. The first kappa shape index (κ1) is 31.3. The van der Waals surface area contributed by atoms with E-state index in [-0.39, 0.29) is 5.41 Å². The molecular formula is C46H35N5O. The Bertz CT molecular complexity index is 2670. The van der Waals surface area contributed by atoms with Crippen LogP contribution in [0.15, 0.2) is 162 Å². The molecule has 0 aliphatic heterocycles. The molecule has 6 heteroatoms. The molecule has 6 nitrogen and oxygen atoms in total. The summed E-state index contributed by atoms with van der Waals surface area (Å²) in [6, 6.07) is 54.2. The number of rotatable bonds is 6. The second kappa shape index (κ2) is 12.6. The van der Waals surface area contributed by atoms with Crippen molar-refractivity contribution in [1.29, 1.82) is 0 Å². The molecule has 0 aliphatic rings. The van der Waals surface area contributed by atoms with Gasteiger partial charge in [-0.05, 0) is 64.6 Å². The molecule has 250 valence electrons. The maximum absolute atomic E-state index is 6.09. The molecule has 52 heavy (non-hydrogen) atoms. The van der Waals surface area contributed by atoms with Gasteiger partial charge in [-0.3, -0.25) is 4.57 Å². The lowest BCUT2D eigenvalue weighted by Gasteiger charge is -2.18. The van der Waals surface area contributed by atoms with Gasteiger partial charge in [-0.15, -0.1) is 10.2 Å². The lowest BCUT2D eigenvalue weighted by atomic mass is 9.87. The lowest BCUT2D eigenvalue weighted by molar-refractivity contribution is 0.582. The zero-order valence-electron chi connectivity index (χ0n) is 29.2. The smallest absolute Gasteiger partial charge is 0.248 e. The van der Waals surface area contributed by atoms with Gasteiger partial charge >= 0.3 is 0 Å². The Kier molecular flexibility index (Phi) is 7.58. The van der Waals surface area contributed by atoms with E-state index >= 15 is 0 Å². The number of para-hydroxylation sites is 2. The summed E-state index contributed by atoms with van der Waals surface area (Å²) in [7, 11) is 0. The second-order valence-electron chi connectivity index (χ2n) is 14.0. The molecule has 0 saturated heterocycles. The number of hydrogen-bond acceptors (Lipinski definition) is 5. The van der Waals surface area contributed by atoms with E-state index in [0.29, 0.717) is 11.8 Å². The Morgan fingerprint density at radius 3 is 1.62 bits per heavy atom. The molecule has 9 rings (SSSR count). The van der Waals surface area contributed by atoms with Crippen LogP contribution in [0, 0.1) is 0 Å². The van der Waals surface area contributed by atoms with Crippen molar-refractivity contribution < 1.29 is 4.42 Å². The SMILES string of the molecule is CC(C)(C)c1ccc(-c2nnc(-c3ccc(-c4ccc(-c5nc6c7ccccc7nc(-c7ccccc7)c6n5-c5ccccc5)cc4)cc3)o2)cc1. The molecule has 0 unspecified atom stereocenters. The number of benzene rings is 6. The molecule has 3 heterocycles. The lowest BCUT2D eigenvalue weighted by Crippen LogP contribution is -2.10. The second-order valence-corrected chi connectivity index (χ2v) is 14.0. The summed E-state index contributed by atoms with van der Waals surface area (Å²) in [5.41, 5.74) is 12.1. The average Bonchev–Trinajstić information content (AvgIpc) is 3.85. The van der Waals surface area contributed by atoms with E-state index in [1.807, 2.05) is 42.5 Å². The molecule has 0 saturated carbocycles. The molecule has 0 amide bonds. The van der Waals surface area contributed by atoms with Gasteiger partial charge in [0.2, 0.25) is 11.8 Å². The summed E-state index contributed by atoms with van der Waals surface area (Å²) < 4.78 is 8.34. The average molecular weight is 674 g/mol. The van der Waals surface area contributed by atoms with Gasteiger partial charge in [0.25, 0.3) is 0 Å². The van der Waals surface area contributed by atoms with Crippen molar-refractivity contribution in [2.24, 2.45) is 0 Å². The predicted molar refractivity (Wildman–Crippen MR) is 210 cm³/mol. The van der Waals surface area contributed by atoms with Crippen LogP contribution >= 0.6 is 0 Å². The first-order chi connectivity index (χ1) is 25.4. The molecular weight excluding hydrogens is 639 g/mol. The summed E-state index contributed by atoms with van der Waals surface area (Å²) in [5, 5.41) is 9.70. The normalized spacial score (nSPS) is 11.8. The minimum atomic E-state index is 0.0826. The number of fused-ring (bicyclic) bond motifs is 3. The van der Waals surface area contributed by atoms with Gasteiger partial charge in [0.05, 0.1) is 11.2 Å². The van der Waals surface area contributed by atoms with Crippen LogP contribution < -0.4 is 0 Å². The van der Waals surface area contributed by atoms with E-state index < -0.39 is 0 Å². The Balaban J connectivity index is 1.07. The molecule has 0 atom stereocenters. The van der Waals surface area contributed by atoms with E-state index in [2.05, 4.69) is 151 Å². The van der Waals surface area contributed by atoms with Crippen molar-refractivity contribution >= 4 is 21.9 Å². The summed E-state index contributed by atoms with van der Waals surface area (Å²) in [6.07, 6.45) is 0. The highest BCUT2D eigenvalue weighted by atomic mass is 16.4. The van der Waals surface area contributed by atoms with E-state index in [0.717, 1.165) is 72.5 Å². The van der Waals surface area contributed by atoms with Gasteiger partial charge in [-0.2, -0.15) is 0 Å². The van der Waals surface area contributed by atoms with Crippen molar-refractivity contribution in [3.63, 3.8) is 0 Å². The zero-order chi connectivity index (χ0) is 35.2. The monoisotopic (exact) mass is 673 g/mol. The molecule has 0 radical (unpaired) electrons. The summed E-state index contributed by atoms with van der Waals surface area (Å²) in [4.78, 5) is 10.6. The third kappa shape index (κ3) is 5.64. The molecule has 3 aromatic heterocycles. The summed E-state index contributed by atoms with van der Waals surface area (Å²) in [5.74, 6) is 1.86. The maximum Gasteiger partial charge on any atom is 0.248 e. The highest BCUT2D eigenvalue weighted by Crippen LogP contribution is 2.38. The molecule has 6 aromatic carbocycles. The van der Waals surface area contributed by atoms with Crippen LogP contribution in [0.1, 0.15) is 26.3 Å². The van der Waals surface area contributed by atoms with Crippen LogP contribution in [-0.4, -0.2) is 24.7 Å². The molecule has 0 N–H and O–H groups in total. The topological polar surface area (TPSA) is 69.6 Å². The van der Waals surface area contributed by atoms with Gasteiger partial charge < -0.3 is 4.42 Å².